The molecule has 3 aromatic rings. The highest BCUT2D eigenvalue weighted by Crippen LogP contribution is 2.36. The molecule has 4 heterocycles. The predicted octanol–water partition coefficient (Wildman–Crippen LogP) is 3.36. The summed E-state index contributed by atoms with van der Waals surface area (Å²) in [5, 5.41) is 21.7. The first kappa shape index (κ1) is 33.4. The van der Waals surface area contributed by atoms with E-state index in [1.165, 1.54) is 26.1 Å². The SMILES string of the molecule is [C-]#[N+]C[C@H]1CN(c2nc(OC[C@@H]3CCCN3CC(CO)CO)nc3c2CCN(c2cccc4cccc(I)c24)C3)CCN1C(=O)C=C. The zero-order valence-corrected chi connectivity index (χ0v) is 28.8. The highest BCUT2D eigenvalue weighted by atomic mass is 127. The number of likely N-dealkylation sites (tertiary alicyclic amines) is 1. The largest absolute Gasteiger partial charge is 0.462 e. The molecule has 1 aromatic heterocycles. The van der Waals surface area contributed by atoms with Crippen molar-refractivity contribution in [2.24, 2.45) is 5.92 Å². The number of carbonyl (C=O) groups excluding carboxylic acids is 1. The molecule has 3 aliphatic heterocycles. The van der Waals surface area contributed by atoms with Gasteiger partial charge in [-0.05, 0) is 72.0 Å². The van der Waals surface area contributed by atoms with E-state index in [1.54, 1.807) is 4.90 Å². The fraction of sp³-hybridized carbons (Fsp3) is 0.486. The highest BCUT2D eigenvalue weighted by molar-refractivity contribution is 14.1. The molecule has 11 nitrogen and oxygen atoms in total. The van der Waals surface area contributed by atoms with Crippen LogP contribution in [-0.4, -0.2) is 114 Å². The molecule has 2 atom stereocenters. The molecule has 0 unspecified atom stereocenters. The number of fused-ring (bicyclic) bond motifs is 2. The standard InChI is InChI=1S/C35H42IN7O4/c1-3-32(46)43-16-15-42(19-27(43)17-37-2)34-28-12-14-41(31-11-5-8-25-7-4-10-29(36)33(25)31)20-30(28)38-35(39-34)47-23-26-9-6-13-40(26)18-24(21-44)22-45/h3-5,7-8,10-11,24,26-27,44-45H,1,6,9,12-23H2/t26-,27-/m0/s1. The van der Waals surface area contributed by atoms with Crippen LogP contribution in [0.5, 0.6) is 6.01 Å². The molecule has 2 saturated heterocycles. The number of hydrogen-bond donors (Lipinski definition) is 2. The van der Waals surface area contributed by atoms with Crippen LogP contribution in [0.3, 0.4) is 0 Å². The number of carbonyl (C=O) groups is 1. The third kappa shape index (κ3) is 7.18. The molecule has 2 fully saturated rings. The van der Waals surface area contributed by atoms with E-state index in [-0.39, 0.29) is 43.7 Å². The number of hydrogen-bond acceptors (Lipinski definition) is 9. The van der Waals surface area contributed by atoms with Crippen LogP contribution < -0.4 is 14.5 Å². The van der Waals surface area contributed by atoms with Gasteiger partial charge in [0, 0.05) is 78.1 Å². The molecule has 3 aliphatic rings. The number of nitrogens with zero attached hydrogens (tertiary/aromatic N) is 7. The maximum absolute atomic E-state index is 12.6. The Hall–Kier alpha value is -3.51. The van der Waals surface area contributed by atoms with Gasteiger partial charge < -0.3 is 34.5 Å². The summed E-state index contributed by atoms with van der Waals surface area (Å²) in [6.45, 7) is 16.2. The molecule has 2 aromatic carbocycles. The van der Waals surface area contributed by atoms with E-state index >= 15 is 0 Å². The molecule has 12 heteroatoms. The zero-order valence-electron chi connectivity index (χ0n) is 26.6. The highest BCUT2D eigenvalue weighted by Gasteiger charge is 2.35. The Morgan fingerprint density at radius 1 is 1.11 bits per heavy atom. The summed E-state index contributed by atoms with van der Waals surface area (Å²) in [7, 11) is 0. The van der Waals surface area contributed by atoms with Crippen LogP contribution in [0.25, 0.3) is 15.6 Å². The molecule has 0 saturated carbocycles. The van der Waals surface area contributed by atoms with Crippen molar-refractivity contribution in [2.45, 2.75) is 37.9 Å². The van der Waals surface area contributed by atoms with E-state index in [1.807, 2.05) is 0 Å². The minimum Gasteiger partial charge on any atom is -0.462 e. The number of aliphatic hydroxyl groups is 2. The number of amides is 1. The Kier molecular flexibility index (Phi) is 10.8. The number of ether oxygens (including phenoxy) is 1. The van der Waals surface area contributed by atoms with Crippen molar-refractivity contribution >= 4 is 50.8 Å². The van der Waals surface area contributed by atoms with Gasteiger partial charge in [0.05, 0.1) is 12.2 Å². The first-order chi connectivity index (χ1) is 22.9. The number of rotatable bonds is 11. The lowest BCUT2D eigenvalue weighted by atomic mass is 10.0. The van der Waals surface area contributed by atoms with E-state index in [9.17, 15) is 15.0 Å². The summed E-state index contributed by atoms with van der Waals surface area (Å²) in [5.74, 6) is 0.486. The topological polar surface area (TPSA) is 110 Å². The summed E-state index contributed by atoms with van der Waals surface area (Å²) >= 11 is 2.41. The van der Waals surface area contributed by atoms with Crippen molar-refractivity contribution in [1.82, 2.24) is 19.8 Å². The van der Waals surface area contributed by atoms with Gasteiger partial charge in [-0.1, -0.05) is 30.8 Å². The minimum atomic E-state index is -0.266. The molecule has 47 heavy (non-hydrogen) atoms. The average Bonchev–Trinajstić information content (AvgIpc) is 3.55. The van der Waals surface area contributed by atoms with E-state index in [0.29, 0.717) is 45.3 Å². The van der Waals surface area contributed by atoms with Gasteiger partial charge in [0.25, 0.3) is 0 Å². The van der Waals surface area contributed by atoms with Gasteiger partial charge in [-0.15, -0.1) is 0 Å². The lowest BCUT2D eigenvalue weighted by molar-refractivity contribution is -0.128. The smallest absolute Gasteiger partial charge is 0.318 e. The first-order valence-electron chi connectivity index (χ1n) is 16.4. The summed E-state index contributed by atoms with van der Waals surface area (Å²) in [6, 6.07) is 13.0. The monoisotopic (exact) mass is 751 g/mol. The minimum absolute atomic E-state index is 0.0513. The van der Waals surface area contributed by atoms with E-state index in [4.69, 9.17) is 21.3 Å². The van der Waals surface area contributed by atoms with Crippen LogP contribution in [0.1, 0.15) is 24.1 Å². The maximum Gasteiger partial charge on any atom is 0.318 e. The fourth-order valence-electron chi connectivity index (χ4n) is 7.18. The van der Waals surface area contributed by atoms with E-state index in [2.05, 4.69) is 85.1 Å². The Balaban J connectivity index is 1.31. The van der Waals surface area contributed by atoms with Crippen LogP contribution in [0, 0.1) is 16.1 Å². The van der Waals surface area contributed by atoms with Gasteiger partial charge in [0.2, 0.25) is 12.5 Å². The quantitative estimate of drug-likeness (QED) is 0.173. The molecule has 0 aliphatic carbocycles. The number of benzene rings is 2. The third-order valence-electron chi connectivity index (χ3n) is 9.65. The molecule has 0 radical (unpaired) electrons. The molecular weight excluding hydrogens is 709 g/mol. The van der Waals surface area contributed by atoms with E-state index < -0.39 is 0 Å². The van der Waals surface area contributed by atoms with Gasteiger partial charge in [0.1, 0.15) is 18.5 Å². The van der Waals surface area contributed by atoms with Gasteiger partial charge >= 0.3 is 6.01 Å². The molecule has 2 N–H and O–H groups in total. The van der Waals surface area contributed by atoms with Crippen LogP contribution in [0.15, 0.2) is 49.1 Å². The normalized spacial score (nSPS) is 20.0. The number of aromatic nitrogens is 2. The van der Waals surface area contributed by atoms with Crippen LogP contribution >= 0.6 is 22.6 Å². The van der Waals surface area contributed by atoms with Crippen molar-refractivity contribution in [2.75, 3.05) is 75.4 Å². The Labute approximate surface area is 289 Å². The number of anilines is 2. The van der Waals surface area contributed by atoms with Crippen molar-refractivity contribution in [1.29, 1.82) is 0 Å². The summed E-state index contributed by atoms with van der Waals surface area (Å²) in [5.41, 5.74) is 3.19. The van der Waals surface area contributed by atoms with Gasteiger partial charge in [-0.2, -0.15) is 9.97 Å². The maximum atomic E-state index is 12.6. The number of aliphatic hydroxyl groups excluding tert-OH is 2. The molecule has 248 valence electrons. The van der Waals surface area contributed by atoms with Crippen LogP contribution in [-0.2, 0) is 17.8 Å². The van der Waals surface area contributed by atoms with Crippen molar-refractivity contribution < 1.29 is 19.7 Å². The summed E-state index contributed by atoms with van der Waals surface area (Å²) in [4.78, 5) is 34.9. The van der Waals surface area contributed by atoms with Gasteiger partial charge in [-0.25, -0.2) is 6.57 Å². The summed E-state index contributed by atoms with van der Waals surface area (Å²) < 4.78 is 7.59. The predicted molar refractivity (Wildman–Crippen MR) is 191 cm³/mol. The van der Waals surface area contributed by atoms with Crippen molar-refractivity contribution in [3.63, 3.8) is 0 Å². The lowest BCUT2D eigenvalue weighted by Gasteiger charge is -2.41. The van der Waals surface area contributed by atoms with E-state index in [0.717, 1.165) is 49.4 Å². The molecule has 0 spiro atoms. The second kappa shape index (κ2) is 15.1. The average molecular weight is 752 g/mol. The van der Waals surface area contributed by atoms with Crippen molar-refractivity contribution in [3.8, 4) is 6.01 Å². The molecule has 0 bridgehead atoms. The number of piperazine rings is 1. The third-order valence-corrected chi connectivity index (χ3v) is 10.5. The second-order valence-electron chi connectivity index (χ2n) is 12.6. The fourth-order valence-corrected chi connectivity index (χ4v) is 7.97. The zero-order chi connectivity index (χ0) is 32.9. The molecule has 1 amide bonds. The van der Waals surface area contributed by atoms with Crippen LogP contribution in [0.4, 0.5) is 11.5 Å². The Bertz CT molecular complexity index is 1640. The Morgan fingerprint density at radius 2 is 1.91 bits per heavy atom. The van der Waals surface area contributed by atoms with Gasteiger partial charge in [0.15, 0.2) is 0 Å². The molecule has 6 rings (SSSR count). The second-order valence-corrected chi connectivity index (χ2v) is 13.7. The van der Waals surface area contributed by atoms with Gasteiger partial charge in [-0.3, -0.25) is 9.69 Å². The Morgan fingerprint density at radius 3 is 2.68 bits per heavy atom. The first-order valence-corrected chi connectivity index (χ1v) is 17.4. The lowest BCUT2D eigenvalue weighted by Crippen LogP contribution is -2.56. The van der Waals surface area contributed by atoms with Crippen molar-refractivity contribution in [3.05, 3.63) is 75.3 Å². The summed E-state index contributed by atoms with van der Waals surface area (Å²) in [6.07, 6.45) is 4.07. The van der Waals surface area contributed by atoms with Crippen LogP contribution in [0.2, 0.25) is 0 Å². The molecular formula is C35H42IN7O4. The number of halogens is 1.